The molecule has 0 spiro atoms. The minimum absolute atomic E-state index is 0.280. The van der Waals surface area contributed by atoms with Crippen LogP contribution in [0, 0.1) is 5.92 Å². The van der Waals surface area contributed by atoms with Crippen LogP contribution in [0.1, 0.15) is 36.3 Å². The van der Waals surface area contributed by atoms with E-state index in [9.17, 15) is 4.79 Å². The van der Waals surface area contributed by atoms with Crippen LogP contribution in [0.5, 0.6) is 5.75 Å². The number of anilines is 2. The van der Waals surface area contributed by atoms with Gasteiger partial charge < -0.3 is 15.4 Å². The lowest BCUT2D eigenvalue weighted by Gasteiger charge is -2.10. The molecule has 0 unspecified atom stereocenters. The first-order valence-electron chi connectivity index (χ1n) is 9.74. The number of hydrogen-bond acceptors (Lipinski definition) is 5. The molecule has 0 radical (unpaired) electrons. The minimum atomic E-state index is -0.280. The van der Waals surface area contributed by atoms with Gasteiger partial charge in [-0.25, -0.2) is 9.97 Å². The summed E-state index contributed by atoms with van der Waals surface area (Å²) in [6.45, 7) is 5.64. The minimum Gasteiger partial charge on any atom is -0.489 e. The van der Waals surface area contributed by atoms with Gasteiger partial charge in [0.05, 0.1) is 0 Å². The van der Waals surface area contributed by atoms with E-state index in [1.807, 2.05) is 42.5 Å². The standard InChI is InChI=1S/C23H26N4O2/c1-17(2)12-13-24-22-14-21(25-16-26-22)23(28)27-19-8-10-20(11-9-19)29-15-18-6-4-3-5-7-18/h3-11,14,16-17H,12-13,15H2,1-2H3,(H,27,28)(H,24,25,26). The molecule has 0 saturated carbocycles. The Morgan fingerprint density at radius 2 is 1.79 bits per heavy atom. The smallest absolute Gasteiger partial charge is 0.274 e. The highest BCUT2D eigenvalue weighted by Crippen LogP contribution is 2.18. The Kier molecular flexibility index (Phi) is 7.16. The molecule has 0 fully saturated rings. The lowest BCUT2D eigenvalue weighted by Crippen LogP contribution is -2.15. The van der Waals surface area contributed by atoms with Crippen molar-refractivity contribution >= 4 is 17.4 Å². The van der Waals surface area contributed by atoms with Crippen LogP contribution in [0.3, 0.4) is 0 Å². The summed E-state index contributed by atoms with van der Waals surface area (Å²) in [6, 6.07) is 18.9. The molecule has 150 valence electrons. The third-order valence-electron chi connectivity index (χ3n) is 4.29. The first-order valence-corrected chi connectivity index (χ1v) is 9.74. The molecule has 3 rings (SSSR count). The van der Waals surface area contributed by atoms with E-state index in [1.165, 1.54) is 6.33 Å². The maximum Gasteiger partial charge on any atom is 0.274 e. The maximum atomic E-state index is 12.5. The van der Waals surface area contributed by atoms with Gasteiger partial charge in [-0.2, -0.15) is 0 Å². The number of ether oxygens (including phenoxy) is 1. The van der Waals surface area contributed by atoms with Gasteiger partial charge in [0.25, 0.3) is 5.91 Å². The number of carbonyl (C=O) groups is 1. The number of carbonyl (C=O) groups excluding carboxylic acids is 1. The molecule has 3 aromatic rings. The lowest BCUT2D eigenvalue weighted by molar-refractivity contribution is 0.102. The fourth-order valence-electron chi connectivity index (χ4n) is 2.64. The first-order chi connectivity index (χ1) is 14.1. The summed E-state index contributed by atoms with van der Waals surface area (Å²) in [7, 11) is 0. The van der Waals surface area contributed by atoms with Gasteiger partial charge in [0.2, 0.25) is 0 Å². The van der Waals surface area contributed by atoms with Gasteiger partial charge in [-0.1, -0.05) is 44.2 Å². The van der Waals surface area contributed by atoms with Crippen LogP contribution in [0.25, 0.3) is 0 Å². The van der Waals surface area contributed by atoms with Crippen molar-refractivity contribution in [2.24, 2.45) is 5.92 Å². The zero-order valence-corrected chi connectivity index (χ0v) is 16.8. The van der Waals surface area contributed by atoms with E-state index in [0.29, 0.717) is 29.7 Å². The molecule has 0 aliphatic carbocycles. The van der Waals surface area contributed by atoms with Crippen LogP contribution in [0.4, 0.5) is 11.5 Å². The van der Waals surface area contributed by atoms with E-state index in [1.54, 1.807) is 18.2 Å². The molecule has 0 saturated heterocycles. The van der Waals surface area contributed by atoms with Gasteiger partial charge in [-0.05, 0) is 42.2 Å². The molecule has 0 atom stereocenters. The van der Waals surface area contributed by atoms with Crippen molar-refractivity contribution < 1.29 is 9.53 Å². The molecule has 0 bridgehead atoms. The number of nitrogens with zero attached hydrogens (tertiary/aromatic N) is 2. The van der Waals surface area contributed by atoms with Gasteiger partial charge in [0, 0.05) is 18.3 Å². The van der Waals surface area contributed by atoms with E-state index in [2.05, 4.69) is 34.4 Å². The monoisotopic (exact) mass is 390 g/mol. The molecular weight excluding hydrogens is 364 g/mol. The Hall–Kier alpha value is -3.41. The number of nitrogens with one attached hydrogen (secondary N) is 2. The predicted molar refractivity (Wildman–Crippen MR) is 115 cm³/mol. The second-order valence-electron chi connectivity index (χ2n) is 7.15. The molecule has 1 amide bonds. The molecule has 1 heterocycles. The van der Waals surface area contributed by atoms with E-state index in [-0.39, 0.29) is 5.91 Å². The third kappa shape index (κ3) is 6.60. The molecule has 2 N–H and O–H groups in total. The summed E-state index contributed by atoms with van der Waals surface area (Å²) in [5.41, 5.74) is 2.10. The van der Waals surface area contributed by atoms with Gasteiger partial charge in [-0.15, -0.1) is 0 Å². The van der Waals surface area contributed by atoms with Gasteiger partial charge in [0.1, 0.15) is 30.2 Å². The number of aromatic nitrogens is 2. The second kappa shape index (κ2) is 10.2. The predicted octanol–water partition coefficient (Wildman–Crippen LogP) is 4.77. The quantitative estimate of drug-likeness (QED) is 0.551. The number of rotatable bonds is 9. The molecule has 2 aromatic carbocycles. The van der Waals surface area contributed by atoms with E-state index in [0.717, 1.165) is 24.3 Å². The summed E-state index contributed by atoms with van der Waals surface area (Å²) in [6.07, 6.45) is 2.43. The average molecular weight is 390 g/mol. The van der Waals surface area contributed by atoms with Crippen LogP contribution < -0.4 is 15.4 Å². The van der Waals surface area contributed by atoms with Crippen molar-refractivity contribution in [2.75, 3.05) is 17.2 Å². The molecular formula is C23H26N4O2. The highest BCUT2D eigenvalue weighted by molar-refractivity contribution is 6.03. The average Bonchev–Trinajstić information content (AvgIpc) is 2.74. The summed E-state index contributed by atoms with van der Waals surface area (Å²) in [5.74, 6) is 1.71. The largest absolute Gasteiger partial charge is 0.489 e. The summed E-state index contributed by atoms with van der Waals surface area (Å²) >= 11 is 0. The Labute approximate surface area is 171 Å². The third-order valence-corrected chi connectivity index (χ3v) is 4.29. The zero-order valence-electron chi connectivity index (χ0n) is 16.8. The zero-order chi connectivity index (χ0) is 20.5. The fraction of sp³-hybridized carbons (Fsp3) is 0.261. The van der Waals surface area contributed by atoms with Crippen molar-refractivity contribution in [3.05, 3.63) is 78.2 Å². The normalized spacial score (nSPS) is 10.6. The van der Waals surface area contributed by atoms with Crippen LogP contribution in [0.2, 0.25) is 0 Å². The Balaban J connectivity index is 1.53. The number of amides is 1. The molecule has 6 heteroatoms. The molecule has 29 heavy (non-hydrogen) atoms. The Morgan fingerprint density at radius 3 is 2.52 bits per heavy atom. The second-order valence-corrected chi connectivity index (χ2v) is 7.15. The molecule has 0 aliphatic rings. The number of hydrogen-bond donors (Lipinski definition) is 2. The Bertz CT molecular complexity index is 912. The topological polar surface area (TPSA) is 76.1 Å². The highest BCUT2D eigenvalue weighted by atomic mass is 16.5. The van der Waals surface area contributed by atoms with Crippen molar-refractivity contribution in [2.45, 2.75) is 26.9 Å². The maximum absolute atomic E-state index is 12.5. The van der Waals surface area contributed by atoms with Crippen LogP contribution in [-0.2, 0) is 6.61 Å². The van der Waals surface area contributed by atoms with Crippen molar-refractivity contribution in [3.63, 3.8) is 0 Å². The summed E-state index contributed by atoms with van der Waals surface area (Å²) in [4.78, 5) is 20.7. The van der Waals surface area contributed by atoms with Gasteiger partial charge in [-0.3, -0.25) is 4.79 Å². The SMILES string of the molecule is CC(C)CCNc1cc(C(=O)Nc2ccc(OCc3ccccc3)cc2)ncn1. The van der Waals surface area contributed by atoms with E-state index >= 15 is 0 Å². The van der Waals surface area contributed by atoms with Crippen molar-refractivity contribution in [3.8, 4) is 5.75 Å². The Morgan fingerprint density at radius 1 is 1.03 bits per heavy atom. The van der Waals surface area contributed by atoms with Gasteiger partial charge >= 0.3 is 0 Å². The molecule has 1 aromatic heterocycles. The fourth-order valence-corrected chi connectivity index (χ4v) is 2.64. The van der Waals surface area contributed by atoms with E-state index in [4.69, 9.17) is 4.74 Å². The van der Waals surface area contributed by atoms with E-state index < -0.39 is 0 Å². The number of benzene rings is 2. The summed E-state index contributed by atoms with van der Waals surface area (Å²) < 4.78 is 5.77. The molecule has 6 nitrogen and oxygen atoms in total. The van der Waals surface area contributed by atoms with Crippen molar-refractivity contribution in [1.82, 2.24) is 9.97 Å². The van der Waals surface area contributed by atoms with Crippen molar-refractivity contribution in [1.29, 1.82) is 0 Å². The van der Waals surface area contributed by atoms with Crippen LogP contribution in [0.15, 0.2) is 67.0 Å². The first kappa shape index (κ1) is 20.3. The highest BCUT2D eigenvalue weighted by Gasteiger charge is 2.09. The van der Waals surface area contributed by atoms with Crippen LogP contribution >= 0.6 is 0 Å². The molecule has 0 aliphatic heterocycles. The van der Waals surface area contributed by atoms with Gasteiger partial charge in [0.15, 0.2) is 0 Å². The lowest BCUT2D eigenvalue weighted by atomic mass is 10.1. The summed E-state index contributed by atoms with van der Waals surface area (Å²) in [5, 5.41) is 6.07. The van der Waals surface area contributed by atoms with Crippen LogP contribution in [-0.4, -0.2) is 22.4 Å².